The van der Waals surface area contributed by atoms with E-state index >= 15 is 0 Å². The van der Waals surface area contributed by atoms with Gasteiger partial charge in [-0.3, -0.25) is 4.90 Å². The minimum absolute atomic E-state index is 0.149. The van der Waals surface area contributed by atoms with Crippen LogP contribution in [0, 0.1) is 0 Å². The number of ether oxygens (including phenoxy) is 1. The number of likely N-dealkylation sites (tertiary alicyclic amines) is 1. The SMILES string of the molecule is CNc1ncccc1CN1CCCC2(C=Cc3ccccc3O2)CC1. The molecule has 2 aliphatic heterocycles. The molecule has 0 saturated carbocycles. The molecule has 3 heterocycles. The van der Waals surface area contributed by atoms with E-state index in [1.807, 2.05) is 19.3 Å². The number of rotatable bonds is 3. The second-order valence-corrected chi connectivity index (χ2v) is 6.93. The average Bonchev–Trinajstić information content (AvgIpc) is 2.85. The van der Waals surface area contributed by atoms with Gasteiger partial charge >= 0.3 is 0 Å². The molecule has 4 heteroatoms. The molecule has 1 fully saturated rings. The van der Waals surface area contributed by atoms with Gasteiger partial charge in [0.05, 0.1) is 0 Å². The highest BCUT2D eigenvalue weighted by Gasteiger charge is 2.34. The third kappa shape index (κ3) is 3.40. The first-order valence-electron chi connectivity index (χ1n) is 9.09. The van der Waals surface area contributed by atoms with Gasteiger partial charge in [-0.25, -0.2) is 4.98 Å². The Labute approximate surface area is 149 Å². The third-order valence-corrected chi connectivity index (χ3v) is 5.25. The van der Waals surface area contributed by atoms with Crippen molar-refractivity contribution in [1.29, 1.82) is 0 Å². The number of anilines is 1. The van der Waals surface area contributed by atoms with Gasteiger partial charge < -0.3 is 10.1 Å². The van der Waals surface area contributed by atoms with Crippen molar-refractivity contribution in [3.63, 3.8) is 0 Å². The number of hydrogen-bond acceptors (Lipinski definition) is 4. The maximum atomic E-state index is 6.45. The first-order chi connectivity index (χ1) is 12.3. The molecule has 0 radical (unpaired) electrons. The zero-order valence-corrected chi connectivity index (χ0v) is 14.7. The quantitative estimate of drug-likeness (QED) is 0.921. The second kappa shape index (κ2) is 6.89. The molecule has 130 valence electrons. The van der Waals surface area contributed by atoms with Gasteiger partial charge in [0.15, 0.2) is 0 Å². The summed E-state index contributed by atoms with van der Waals surface area (Å²) in [6, 6.07) is 12.5. The molecule has 1 aromatic carbocycles. The monoisotopic (exact) mass is 335 g/mol. The van der Waals surface area contributed by atoms with Crippen LogP contribution in [0.2, 0.25) is 0 Å². The van der Waals surface area contributed by atoms with E-state index in [9.17, 15) is 0 Å². The highest BCUT2D eigenvalue weighted by Crippen LogP contribution is 2.37. The Balaban J connectivity index is 1.46. The van der Waals surface area contributed by atoms with Crippen molar-refractivity contribution in [2.75, 3.05) is 25.5 Å². The molecule has 25 heavy (non-hydrogen) atoms. The molecule has 2 aliphatic rings. The van der Waals surface area contributed by atoms with Gasteiger partial charge in [-0.15, -0.1) is 0 Å². The van der Waals surface area contributed by atoms with E-state index < -0.39 is 0 Å². The maximum Gasteiger partial charge on any atom is 0.130 e. The summed E-state index contributed by atoms with van der Waals surface area (Å²) >= 11 is 0. The summed E-state index contributed by atoms with van der Waals surface area (Å²) in [5.41, 5.74) is 2.29. The van der Waals surface area contributed by atoms with E-state index in [0.29, 0.717) is 0 Å². The van der Waals surface area contributed by atoms with Crippen LogP contribution in [0.5, 0.6) is 5.75 Å². The Hall–Kier alpha value is -2.33. The summed E-state index contributed by atoms with van der Waals surface area (Å²) in [5, 5.41) is 3.19. The smallest absolute Gasteiger partial charge is 0.130 e. The average molecular weight is 335 g/mol. The predicted molar refractivity (Wildman–Crippen MR) is 102 cm³/mol. The Bertz CT molecular complexity index is 773. The fraction of sp³-hybridized carbons (Fsp3) is 0.381. The Kier molecular flexibility index (Phi) is 4.45. The Morgan fingerprint density at radius 1 is 1.16 bits per heavy atom. The number of benzene rings is 1. The number of pyridine rings is 1. The third-order valence-electron chi connectivity index (χ3n) is 5.25. The topological polar surface area (TPSA) is 37.4 Å². The van der Waals surface area contributed by atoms with Crippen molar-refractivity contribution in [3.05, 3.63) is 59.8 Å². The van der Waals surface area contributed by atoms with Crippen LogP contribution in [0.1, 0.15) is 30.4 Å². The van der Waals surface area contributed by atoms with Crippen LogP contribution in [0.3, 0.4) is 0 Å². The lowest BCUT2D eigenvalue weighted by atomic mass is 9.91. The van der Waals surface area contributed by atoms with Crippen LogP contribution in [0.4, 0.5) is 5.82 Å². The fourth-order valence-electron chi connectivity index (χ4n) is 3.85. The van der Waals surface area contributed by atoms with E-state index in [1.54, 1.807) is 0 Å². The zero-order chi connectivity index (χ0) is 17.1. The van der Waals surface area contributed by atoms with E-state index in [1.165, 1.54) is 11.1 Å². The van der Waals surface area contributed by atoms with Crippen molar-refractivity contribution < 1.29 is 4.74 Å². The first-order valence-corrected chi connectivity index (χ1v) is 9.09. The van der Waals surface area contributed by atoms with Crippen molar-refractivity contribution >= 4 is 11.9 Å². The summed E-state index contributed by atoms with van der Waals surface area (Å²) in [7, 11) is 1.93. The molecule has 4 nitrogen and oxygen atoms in total. The van der Waals surface area contributed by atoms with Crippen LogP contribution < -0.4 is 10.1 Å². The molecule has 1 unspecified atom stereocenters. The molecular weight excluding hydrogens is 310 g/mol. The molecule has 0 bridgehead atoms. The molecule has 1 N–H and O–H groups in total. The zero-order valence-electron chi connectivity index (χ0n) is 14.7. The molecule has 1 saturated heterocycles. The van der Waals surface area contributed by atoms with Gasteiger partial charge in [0.25, 0.3) is 0 Å². The normalized spacial score (nSPS) is 22.9. The second-order valence-electron chi connectivity index (χ2n) is 6.93. The van der Waals surface area contributed by atoms with E-state index in [4.69, 9.17) is 4.74 Å². The first kappa shape index (κ1) is 16.2. The number of hydrogen-bond donors (Lipinski definition) is 1. The molecule has 1 atom stereocenters. The van der Waals surface area contributed by atoms with Gasteiger partial charge in [-0.05, 0) is 37.6 Å². The predicted octanol–water partition coefficient (Wildman–Crippen LogP) is 3.95. The van der Waals surface area contributed by atoms with Gasteiger partial charge in [-0.1, -0.05) is 30.3 Å². The molecule has 1 spiro atoms. The van der Waals surface area contributed by atoms with Crippen LogP contribution in [-0.4, -0.2) is 35.6 Å². The maximum absolute atomic E-state index is 6.45. The minimum atomic E-state index is -0.149. The lowest BCUT2D eigenvalue weighted by Gasteiger charge is -2.34. The standard InChI is InChI=1S/C21H25N3O/c1-22-20-18(7-4-13-23-20)16-24-14-5-10-21(12-15-24)11-9-17-6-2-3-8-19(17)25-21/h2-4,6-9,11,13H,5,10,12,14-16H2,1H3,(H,22,23). The molecule has 2 aromatic rings. The number of nitrogens with zero attached hydrogens (tertiary/aromatic N) is 2. The lowest BCUT2D eigenvalue weighted by Crippen LogP contribution is -2.36. The molecule has 0 amide bonds. The highest BCUT2D eigenvalue weighted by molar-refractivity contribution is 5.60. The summed E-state index contributed by atoms with van der Waals surface area (Å²) in [5.74, 6) is 1.99. The summed E-state index contributed by atoms with van der Waals surface area (Å²) in [6.45, 7) is 3.06. The molecular formula is C21H25N3O. The van der Waals surface area contributed by atoms with Gasteiger partial charge in [0.1, 0.15) is 17.2 Å². The number of aromatic nitrogens is 1. The van der Waals surface area contributed by atoms with Crippen LogP contribution >= 0.6 is 0 Å². The Morgan fingerprint density at radius 2 is 2.08 bits per heavy atom. The van der Waals surface area contributed by atoms with Crippen molar-refractivity contribution in [2.45, 2.75) is 31.4 Å². The van der Waals surface area contributed by atoms with Gasteiger partial charge in [0, 0.05) is 43.9 Å². The molecule has 4 rings (SSSR count). The number of fused-ring (bicyclic) bond motifs is 1. The number of nitrogens with one attached hydrogen (secondary N) is 1. The molecule has 0 aliphatic carbocycles. The number of para-hydroxylation sites is 1. The largest absolute Gasteiger partial charge is 0.483 e. The van der Waals surface area contributed by atoms with Crippen LogP contribution in [0.15, 0.2) is 48.7 Å². The van der Waals surface area contributed by atoms with E-state index in [0.717, 1.165) is 50.5 Å². The highest BCUT2D eigenvalue weighted by atomic mass is 16.5. The molecule has 1 aromatic heterocycles. The van der Waals surface area contributed by atoms with Crippen molar-refractivity contribution in [2.24, 2.45) is 0 Å². The summed E-state index contributed by atoms with van der Waals surface area (Å²) in [4.78, 5) is 6.94. The summed E-state index contributed by atoms with van der Waals surface area (Å²) < 4.78 is 6.45. The van der Waals surface area contributed by atoms with Crippen molar-refractivity contribution in [1.82, 2.24) is 9.88 Å². The van der Waals surface area contributed by atoms with Gasteiger partial charge in [0.2, 0.25) is 0 Å². The van der Waals surface area contributed by atoms with E-state index in [2.05, 4.69) is 57.7 Å². The van der Waals surface area contributed by atoms with Crippen LogP contribution in [-0.2, 0) is 6.54 Å². The Morgan fingerprint density at radius 3 is 3.00 bits per heavy atom. The minimum Gasteiger partial charge on any atom is -0.483 e. The van der Waals surface area contributed by atoms with Crippen LogP contribution in [0.25, 0.3) is 6.08 Å². The van der Waals surface area contributed by atoms with Gasteiger partial charge in [-0.2, -0.15) is 0 Å². The fourth-order valence-corrected chi connectivity index (χ4v) is 3.85. The van der Waals surface area contributed by atoms with E-state index in [-0.39, 0.29) is 5.60 Å². The lowest BCUT2D eigenvalue weighted by molar-refractivity contribution is 0.0990. The van der Waals surface area contributed by atoms with Crippen molar-refractivity contribution in [3.8, 4) is 5.75 Å². The summed E-state index contributed by atoms with van der Waals surface area (Å²) in [6.07, 6.45) is 9.58.